The molecule has 4 nitrogen and oxygen atoms in total. The summed E-state index contributed by atoms with van der Waals surface area (Å²) in [4.78, 5) is 4.20. The highest BCUT2D eigenvalue weighted by Gasteiger charge is 2.19. The standard InChI is InChI=1S/C17H15FN2O2S/c1-11-9-12(2)19-17(10-11)20-23(21,22)16-8-7-15(18)13-5-3-4-6-14(13)16/h3-10H,1-2H3,(H,19,20). The van der Waals surface area contributed by atoms with E-state index in [1.165, 1.54) is 6.07 Å². The molecular formula is C17H15FN2O2S. The molecule has 1 heterocycles. The number of fused-ring (bicyclic) bond motifs is 1. The number of aromatic nitrogens is 1. The van der Waals surface area contributed by atoms with Gasteiger partial charge in [0.05, 0.1) is 4.90 Å². The quantitative estimate of drug-likeness (QED) is 0.795. The number of anilines is 1. The molecule has 0 aliphatic carbocycles. The highest BCUT2D eigenvalue weighted by Crippen LogP contribution is 2.26. The van der Waals surface area contributed by atoms with E-state index in [2.05, 4.69) is 9.71 Å². The van der Waals surface area contributed by atoms with Crippen molar-refractivity contribution in [3.05, 3.63) is 65.6 Å². The van der Waals surface area contributed by atoms with Gasteiger partial charge < -0.3 is 0 Å². The molecule has 0 saturated carbocycles. The van der Waals surface area contributed by atoms with Crippen molar-refractivity contribution in [1.29, 1.82) is 0 Å². The molecule has 3 aromatic rings. The Morgan fingerprint density at radius 2 is 1.70 bits per heavy atom. The molecule has 118 valence electrons. The van der Waals surface area contributed by atoms with Crippen LogP contribution in [0.3, 0.4) is 0 Å². The second kappa shape index (κ2) is 5.62. The maximum Gasteiger partial charge on any atom is 0.263 e. The molecule has 0 spiro atoms. The number of pyridine rings is 1. The van der Waals surface area contributed by atoms with Crippen LogP contribution in [0.5, 0.6) is 0 Å². The number of halogens is 1. The van der Waals surface area contributed by atoms with Gasteiger partial charge in [-0.05, 0) is 43.7 Å². The van der Waals surface area contributed by atoms with E-state index in [-0.39, 0.29) is 16.1 Å². The molecule has 1 N–H and O–H groups in total. The van der Waals surface area contributed by atoms with E-state index in [1.54, 1.807) is 37.3 Å². The summed E-state index contributed by atoms with van der Waals surface area (Å²) in [6.45, 7) is 3.65. The first-order valence-electron chi connectivity index (χ1n) is 7.02. The molecule has 6 heteroatoms. The van der Waals surface area contributed by atoms with Gasteiger partial charge in [0.1, 0.15) is 11.6 Å². The Hall–Kier alpha value is -2.47. The average Bonchev–Trinajstić information content (AvgIpc) is 2.46. The van der Waals surface area contributed by atoms with Crippen LogP contribution in [0.25, 0.3) is 10.8 Å². The Labute approximate surface area is 134 Å². The van der Waals surface area contributed by atoms with E-state index in [1.807, 2.05) is 13.0 Å². The number of aryl methyl sites for hydroxylation is 2. The predicted octanol–water partition coefficient (Wildman–Crippen LogP) is 3.79. The van der Waals surface area contributed by atoms with Crippen molar-refractivity contribution in [3.8, 4) is 0 Å². The first-order chi connectivity index (χ1) is 10.9. The van der Waals surface area contributed by atoms with Crippen molar-refractivity contribution in [2.24, 2.45) is 0 Å². The number of hydrogen-bond acceptors (Lipinski definition) is 3. The van der Waals surface area contributed by atoms with Crippen LogP contribution < -0.4 is 4.72 Å². The fourth-order valence-corrected chi connectivity index (χ4v) is 3.76. The number of rotatable bonds is 3. The lowest BCUT2D eigenvalue weighted by atomic mass is 10.1. The third-order valence-corrected chi connectivity index (χ3v) is 4.87. The zero-order valence-electron chi connectivity index (χ0n) is 12.7. The Morgan fingerprint density at radius 3 is 2.39 bits per heavy atom. The second-order valence-electron chi connectivity index (χ2n) is 5.37. The Morgan fingerprint density at radius 1 is 1.00 bits per heavy atom. The zero-order valence-corrected chi connectivity index (χ0v) is 13.5. The van der Waals surface area contributed by atoms with E-state index in [0.29, 0.717) is 11.1 Å². The van der Waals surface area contributed by atoms with Gasteiger partial charge in [0.2, 0.25) is 0 Å². The topological polar surface area (TPSA) is 59.1 Å². The van der Waals surface area contributed by atoms with Gasteiger partial charge in [-0.15, -0.1) is 0 Å². The fraction of sp³-hybridized carbons (Fsp3) is 0.118. The third-order valence-electron chi connectivity index (χ3n) is 3.46. The highest BCUT2D eigenvalue weighted by molar-refractivity contribution is 7.93. The molecule has 0 aliphatic heterocycles. The summed E-state index contributed by atoms with van der Waals surface area (Å²) in [7, 11) is -3.87. The Bertz CT molecular complexity index is 980. The molecule has 0 bridgehead atoms. The van der Waals surface area contributed by atoms with Crippen LogP contribution in [0, 0.1) is 19.7 Å². The third kappa shape index (κ3) is 3.03. The Kier molecular flexibility index (Phi) is 3.77. The van der Waals surface area contributed by atoms with Crippen molar-refractivity contribution >= 4 is 26.6 Å². The summed E-state index contributed by atoms with van der Waals surface area (Å²) in [6, 6.07) is 12.4. The van der Waals surface area contributed by atoms with E-state index >= 15 is 0 Å². The normalized spacial score (nSPS) is 11.6. The summed E-state index contributed by atoms with van der Waals surface area (Å²) in [5.41, 5.74) is 1.62. The highest BCUT2D eigenvalue weighted by atomic mass is 32.2. The SMILES string of the molecule is Cc1cc(C)nc(NS(=O)(=O)c2ccc(F)c3ccccc23)c1. The van der Waals surface area contributed by atoms with Crippen LogP contribution in [-0.4, -0.2) is 13.4 Å². The molecular weight excluding hydrogens is 315 g/mol. The summed E-state index contributed by atoms with van der Waals surface area (Å²) in [6.07, 6.45) is 0. The molecule has 2 aromatic carbocycles. The van der Waals surface area contributed by atoms with Crippen molar-refractivity contribution in [3.63, 3.8) is 0 Å². The molecule has 0 fully saturated rings. The second-order valence-corrected chi connectivity index (χ2v) is 7.02. The summed E-state index contributed by atoms with van der Waals surface area (Å²) in [5, 5.41) is 0.605. The average molecular weight is 330 g/mol. The Balaban J connectivity index is 2.12. The van der Waals surface area contributed by atoms with Crippen LogP contribution in [0.2, 0.25) is 0 Å². The van der Waals surface area contributed by atoms with Gasteiger partial charge in [-0.2, -0.15) is 0 Å². The van der Waals surface area contributed by atoms with Crippen LogP contribution in [0.15, 0.2) is 53.4 Å². The van der Waals surface area contributed by atoms with E-state index in [4.69, 9.17) is 0 Å². The lowest BCUT2D eigenvalue weighted by molar-refractivity contribution is 0.601. The van der Waals surface area contributed by atoms with Crippen molar-refractivity contribution in [2.45, 2.75) is 18.7 Å². The van der Waals surface area contributed by atoms with Crippen LogP contribution in [-0.2, 0) is 10.0 Å². The molecule has 0 amide bonds. The van der Waals surface area contributed by atoms with Gasteiger partial charge in [0.15, 0.2) is 0 Å². The summed E-state index contributed by atoms with van der Waals surface area (Å²) < 4.78 is 41.7. The van der Waals surface area contributed by atoms with E-state index in [9.17, 15) is 12.8 Å². The monoisotopic (exact) mass is 330 g/mol. The molecule has 0 aliphatic rings. The lowest BCUT2D eigenvalue weighted by Gasteiger charge is -2.11. The molecule has 23 heavy (non-hydrogen) atoms. The van der Waals surface area contributed by atoms with Gasteiger partial charge in [-0.25, -0.2) is 17.8 Å². The maximum absolute atomic E-state index is 13.9. The minimum Gasteiger partial charge on any atom is -0.263 e. The minimum absolute atomic E-state index is 0.0236. The molecule has 3 rings (SSSR count). The van der Waals surface area contributed by atoms with Crippen LogP contribution >= 0.6 is 0 Å². The first kappa shape index (κ1) is 15.4. The van der Waals surface area contributed by atoms with Gasteiger partial charge in [-0.3, -0.25) is 4.72 Å². The van der Waals surface area contributed by atoms with Gasteiger partial charge in [-0.1, -0.05) is 24.3 Å². The van der Waals surface area contributed by atoms with Gasteiger partial charge in [0.25, 0.3) is 10.0 Å². The molecule has 0 unspecified atom stereocenters. The number of nitrogens with one attached hydrogen (secondary N) is 1. The molecule has 0 radical (unpaired) electrons. The molecule has 1 aromatic heterocycles. The summed E-state index contributed by atoms with van der Waals surface area (Å²) >= 11 is 0. The van der Waals surface area contributed by atoms with Gasteiger partial charge >= 0.3 is 0 Å². The first-order valence-corrected chi connectivity index (χ1v) is 8.50. The molecule has 0 saturated heterocycles. The van der Waals surface area contributed by atoms with E-state index in [0.717, 1.165) is 11.6 Å². The maximum atomic E-state index is 13.9. The van der Waals surface area contributed by atoms with E-state index < -0.39 is 15.8 Å². The smallest absolute Gasteiger partial charge is 0.263 e. The predicted molar refractivity (Wildman–Crippen MR) is 88.4 cm³/mol. The number of hydrogen-bond donors (Lipinski definition) is 1. The minimum atomic E-state index is -3.87. The van der Waals surface area contributed by atoms with Crippen molar-refractivity contribution < 1.29 is 12.8 Å². The van der Waals surface area contributed by atoms with Crippen molar-refractivity contribution in [2.75, 3.05) is 4.72 Å². The number of benzene rings is 2. The van der Waals surface area contributed by atoms with Gasteiger partial charge in [0, 0.05) is 16.5 Å². The fourth-order valence-electron chi connectivity index (χ4n) is 2.56. The number of nitrogens with zero attached hydrogens (tertiary/aromatic N) is 1. The van der Waals surface area contributed by atoms with Crippen LogP contribution in [0.4, 0.5) is 10.2 Å². The van der Waals surface area contributed by atoms with Crippen molar-refractivity contribution in [1.82, 2.24) is 4.98 Å². The molecule has 0 atom stereocenters. The largest absolute Gasteiger partial charge is 0.263 e. The van der Waals surface area contributed by atoms with Crippen LogP contribution in [0.1, 0.15) is 11.3 Å². The zero-order chi connectivity index (χ0) is 16.6. The lowest BCUT2D eigenvalue weighted by Crippen LogP contribution is -2.15. The summed E-state index contributed by atoms with van der Waals surface area (Å²) in [5.74, 6) is -0.208. The number of sulfonamides is 1.